The summed E-state index contributed by atoms with van der Waals surface area (Å²) in [6.07, 6.45) is 0. The van der Waals surface area contributed by atoms with E-state index in [4.69, 9.17) is 4.74 Å². The molecule has 1 heterocycles. The van der Waals surface area contributed by atoms with Gasteiger partial charge in [-0.25, -0.2) is 4.79 Å². The summed E-state index contributed by atoms with van der Waals surface area (Å²) in [6, 6.07) is 16.3. The lowest BCUT2D eigenvalue weighted by Crippen LogP contribution is -2.01. The monoisotopic (exact) mass is 264 g/mol. The molecule has 98 valence electrons. The van der Waals surface area contributed by atoms with E-state index in [1.807, 2.05) is 36.4 Å². The van der Waals surface area contributed by atoms with Gasteiger partial charge in [-0.05, 0) is 18.6 Å². The molecule has 0 aromatic heterocycles. The van der Waals surface area contributed by atoms with Gasteiger partial charge in [0, 0.05) is 5.56 Å². The van der Waals surface area contributed by atoms with Crippen LogP contribution in [0.5, 0.6) is 0 Å². The smallest absolute Gasteiger partial charge is 0.344 e. The highest BCUT2D eigenvalue weighted by molar-refractivity contribution is 6.28. The van der Waals surface area contributed by atoms with Crippen molar-refractivity contribution in [2.24, 2.45) is 0 Å². The zero-order valence-electron chi connectivity index (χ0n) is 10.9. The molecule has 2 aromatic rings. The second-order valence-electron chi connectivity index (χ2n) is 4.56. The van der Waals surface area contributed by atoms with Crippen molar-refractivity contribution < 1.29 is 14.3 Å². The van der Waals surface area contributed by atoms with Crippen molar-refractivity contribution in [3.8, 4) is 0 Å². The third-order valence-corrected chi connectivity index (χ3v) is 3.23. The van der Waals surface area contributed by atoms with E-state index in [9.17, 15) is 9.59 Å². The number of carbonyl (C=O) groups is 2. The first-order valence-corrected chi connectivity index (χ1v) is 6.30. The molecule has 0 radical (unpaired) electrons. The first-order chi connectivity index (χ1) is 9.68. The third kappa shape index (κ3) is 1.93. The van der Waals surface area contributed by atoms with Crippen molar-refractivity contribution >= 4 is 23.1 Å². The molecule has 0 bridgehead atoms. The molecule has 1 aliphatic rings. The fourth-order valence-corrected chi connectivity index (χ4v) is 2.35. The van der Waals surface area contributed by atoms with E-state index in [2.05, 4.69) is 0 Å². The van der Waals surface area contributed by atoms with Gasteiger partial charge >= 0.3 is 5.97 Å². The van der Waals surface area contributed by atoms with E-state index in [1.165, 1.54) is 6.92 Å². The van der Waals surface area contributed by atoms with Gasteiger partial charge in [-0.15, -0.1) is 0 Å². The molecule has 0 amide bonds. The summed E-state index contributed by atoms with van der Waals surface area (Å²) in [7, 11) is 0. The number of ketones is 1. The quantitative estimate of drug-likeness (QED) is 0.617. The molecule has 20 heavy (non-hydrogen) atoms. The summed E-state index contributed by atoms with van der Waals surface area (Å²) >= 11 is 0. The van der Waals surface area contributed by atoms with E-state index in [0.717, 1.165) is 5.56 Å². The van der Waals surface area contributed by atoms with Crippen molar-refractivity contribution in [1.29, 1.82) is 0 Å². The maximum Gasteiger partial charge on any atom is 0.344 e. The molecule has 3 nitrogen and oxygen atoms in total. The fourth-order valence-electron chi connectivity index (χ4n) is 2.35. The molecule has 0 fully saturated rings. The standard InChI is InChI=1S/C17H12O3/c1-11(18)15(12-7-3-2-4-8-12)16-13-9-5-6-10-14(13)17(19)20-16/h2-10H,1H3/b16-15+. The number of allylic oxidation sites excluding steroid dienone is 1. The largest absolute Gasteiger partial charge is 0.421 e. The van der Waals surface area contributed by atoms with Gasteiger partial charge in [0.15, 0.2) is 11.5 Å². The Bertz CT molecular complexity index is 727. The van der Waals surface area contributed by atoms with Gasteiger partial charge in [-0.3, -0.25) is 4.79 Å². The number of cyclic esters (lactones) is 1. The number of fused-ring (bicyclic) bond motifs is 1. The van der Waals surface area contributed by atoms with Crippen LogP contribution in [0.3, 0.4) is 0 Å². The van der Waals surface area contributed by atoms with Gasteiger partial charge in [0.2, 0.25) is 0 Å². The predicted octanol–water partition coefficient (Wildman–Crippen LogP) is 3.31. The Kier molecular flexibility index (Phi) is 2.95. The van der Waals surface area contributed by atoms with Crippen LogP contribution < -0.4 is 0 Å². The molecule has 0 spiro atoms. The molecule has 0 saturated carbocycles. The van der Waals surface area contributed by atoms with Crippen LogP contribution >= 0.6 is 0 Å². The maximum atomic E-state index is 12.0. The molecule has 3 heteroatoms. The van der Waals surface area contributed by atoms with Crippen molar-refractivity contribution in [1.82, 2.24) is 0 Å². The zero-order chi connectivity index (χ0) is 14.1. The lowest BCUT2D eigenvalue weighted by Gasteiger charge is -2.08. The van der Waals surface area contributed by atoms with Crippen LogP contribution in [0.2, 0.25) is 0 Å². The van der Waals surface area contributed by atoms with E-state index in [-0.39, 0.29) is 5.78 Å². The molecule has 0 aliphatic carbocycles. The van der Waals surface area contributed by atoms with Crippen LogP contribution in [0, 0.1) is 0 Å². The molecular weight excluding hydrogens is 252 g/mol. The molecule has 0 saturated heterocycles. The van der Waals surface area contributed by atoms with Gasteiger partial charge in [0.25, 0.3) is 0 Å². The Morgan fingerprint density at radius 3 is 2.15 bits per heavy atom. The van der Waals surface area contributed by atoms with Gasteiger partial charge in [-0.2, -0.15) is 0 Å². The van der Waals surface area contributed by atoms with Crippen LogP contribution in [0.15, 0.2) is 54.6 Å². The topological polar surface area (TPSA) is 43.4 Å². The number of esters is 1. The van der Waals surface area contributed by atoms with Crippen LogP contribution in [-0.2, 0) is 9.53 Å². The summed E-state index contributed by atoms with van der Waals surface area (Å²) in [6.45, 7) is 1.48. The Hall–Kier alpha value is -2.68. The molecule has 0 unspecified atom stereocenters. The highest BCUT2D eigenvalue weighted by Gasteiger charge is 2.30. The Labute approximate surface area is 116 Å². The first-order valence-electron chi connectivity index (χ1n) is 6.30. The van der Waals surface area contributed by atoms with Crippen molar-refractivity contribution in [3.05, 3.63) is 71.3 Å². The summed E-state index contributed by atoms with van der Waals surface area (Å²) in [4.78, 5) is 23.9. The van der Waals surface area contributed by atoms with Crippen molar-refractivity contribution in [2.45, 2.75) is 6.92 Å². The number of carbonyl (C=O) groups excluding carboxylic acids is 2. The number of hydrogen-bond donors (Lipinski definition) is 0. The van der Waals surface area contributed by atoms with E-state index >= 15 is 0 Å². The minimum Gasteiger partial charge on any atom is -0.421 e. The van der Waals surface area contributed by atoms with E-state index < -0.39 is 5.97 Å². The third-order valence-electron chi connectivity index (χ3n) is 3.23. The van der Waals surface area contributed by atoms with E-state index in [1.54, 1.807) is 18.2 Å². The maximum absolute atomic E-state index is 12.0. The van der Waals surface area contributed by atoms with Crippen LogP contribution in [0.1, 0.15) is 28.4 Å². The fraction of sp³-hybridized carbons (Fsp3) is 0.0588. The van der Waals surface area contributed by atoms with Gasteiger partial charge < -0.3 is 4.74 Å². The number of rotatable bonds is 2. The molecule has 3 rings (SSSR count). The van der Waals surface area contributed by atoms with Crippen LogP contribution in [0.4, 0.5) is 0 Å². The van der Waals surface area contributed by atoms with Gasteiger partial charge in [0.05, 0.1) is 11.1 Å². The second kappa shape index (κ2) is 4.78. The highest BCUT2D eigenvalue weighted by atomic mass is 16.5. The van der Waals surface area contributed by atoms with E-state index in [0.29, 0.717) is 22.5 Å². The second-order valence-corrected chi connectivity index (χ2v) is 4.56. The Balaban J connectivity index is 2.27. The summed E-state index contributed by atoms with van der Waals surface area (Å²) in [5.74, 6) is -0.190. The summed E-state index contributed by atoms with van der Waals surface area (Å²) in [5.41, 5.74) is 2.35. The minimum absolute atomic E-state index is 0.129. The number of ether oxygens (including phenoxy) is 1. The van der Waals surface area contributed by atoms with Crippen molar-refractivity contribution in [2.75, 3.05) is 0 Å². The molecule has 0 atom stereocenters. The molecule has 0 N–H and O–H groups in total. The Morgan fingerprint density at radius 1 is 0.900 bits per heavy atom. The lowest BCUT2D eigenvalue weighted by atomic mass is 9.97. The molecular formula is C17H12O3. The highest BCUT2D eigenvalue weighted by Crippen LogP contribution is 2.35. The number of Topliss-reactive ketones (excluding diaryl/α,β-unsaturated/α-hetero) is 1. The average molecular weight is 264 g/mol. The van der Waals surface area contributed by atoms with Gasteiger partial charge in [-0.1, -0.05) is 48.5 Å². The Morgan fingerprint density at radius 2 is 1.50 bits per heavy atom. The minimum atomic E-state index is -0.412. The van der Waals surface area contributed by atoms with Gasteiger partial charge in [0.1, 0.15) is 0 Å². The summed E-state index contributed by atoms with van der Waals surface area (Å²) in [5, 5.41) is 0. The average Bonchev–Trinajstić information content (AvgIpc) is 2.78. The normalized spacial score (nSPS) is 15.6. The lowest BCUT2D eigenvalue weighted by molar-refractivity contribution is -0.111. The van der Waals surface area contributed by atoms with Crippen LogP contribution in [0.25, 0.3) is 11.3 Å². The predicted molar refractivity (Wildman–Crippen MR) is 75.8 cm³/mol. The zero-order valence-corrected chi connectivity index (χ0v) is 10.9. The van der Waals surface area contributed by atoms with Crippen LogP contribution in [-0.4, -0.2) is 11.8 Å². The molecule has 1 aliphatic heterocycles. The van der Waals surface area contributed by atoms with Crippen molar-refractivity contribution in [3.63, 3.8) is 0 Å². The molecule has 2 aromatic carbocycles. The number of hydrogen-bond acceptors (Lipinski definition) is 3. The number of benzene rings is 2. The SMILES string of the molecule is CC(=O)/C(=C1\OC(=O)c2ccccc21)c1ccccc1. The first kappa shape index (κ1) is 12.4. The summed E-state index contributed by atoms with van der Waals surface area (Å²) < 4.78 is 5.33.